The molecule has 0 amide bonds. The lowest BCUT2D eigenvalue weighted by Gasteiger charge is -2.29. The van der Waals surface area contributed by atoms with E-state index in [4.69, 9.17) is 5.26 Å². The van der Waals surface area contributed by atoms with Crippen molar-refractivity contribution in [1.82, 2.24) is 4.72 Å². The summed E-state index contributed by atoms with van der Waals surface area (Å²) in [6.07, 6.45) is -4.76. The molecule has 1 N–H and O–H groups in total. The molecule has 15 heavy (non-hydrogen) atoms. The van der Waals surface area contributed by atoms with Gasteiger partial charge in [-0.3, -0.25) is 0 Å². The maximum atomic E-state index is 12.4. The van der Waals surface area contributed by atoms with E-state index in [1.54, 1.807) is 0 Å². The molecule has 0 aromatic carbocycles. The predicted octanol–water partition coefficient (Wildman–Crippen LogP) is 1.88. The molecule has 1 unspecified atom stereocenters. The van der Waals surface area contributed by atoms with E-state index in [0.29, 0.717) is 6.92 Å². The summed E-state index contributed by atoms with van der Waals surface area (Å²) >= 11 is 0. The second kappa shape index (κ2) is 4.10. The molecule has 0 rings (SSSR count). The zero-order valence-corrected chi connectivity index (χ0v) is 9.71. The molecule has 0 saturated carbocycles. The maximum absolute atomic E-state index is 12.4. The molecule has 3 nitrogen and oxygen atoms in total. The molecule has 0 aliphatic carbocycles. The molecule has 0 aliphatic heterocycles. The standard InChI is InChI=1S/C8H13F3N2OS/c1-6(2,3)15(14)13-7(4,5-12)8(9,10)11/h13H,1-4H3/t7-,15?/m1/s1. The van der Waals surface area contributed by atoms with Gasteiger partial charge in [-0.15, -0.1) is 0 Å². The van der Waals surface area contributed by atoms with Gasteiger partial charge >= 0.3 is 6.18 Å². The van der Waals surface area contributed by atoms with Crippen molar-refractivity contribution >= 4 is 11.0 Å². The average Bonchev–Trinajstić information content (AvgIpc) is 2.00. The lowest BCUT2D eigenvalue weighted by atomic mass is 10.1. The van der Waals surface area contributed by atoms with Crippen molar-refractivity contribution in [2.75, 3.05) is 0 Å². The Morgan fingerprint density at radius 2 is 1.60 bits per heavy atom. The largest absolute Gasteiger partial charge is 0.420 e. The minimum absolute atomic E-state index is 0.663. The molecule has 0 bridgehead atoms. The minimum Gasteiger partial charge on any atom is -0.242 e. The second-order valence-corrected chi connectivity index (χ2v) is 6.18. The van der Waals surface area contributed by atoms with E-state index in [1.165, 1.54) is 20.8 Å². The van der Waals surface area contributed by atoms with Crippen LogP contribution in [0.1, 0.15) is 27.7 Å². The molecule has 88 valence electrons. The quantitative estimate of drug-likeness (QED) is 0.803. The summed E-state index contributed by atoms with van der Waals surface area (Å²) in [7, 11) is -1.95. The highest BCUT2D eigenvalue weighted by molar-refractivity contribution is 7.84. The Morgan fingerprint density at radius 1 is 1.20 bits per heavy atom. The third kappa shape index (κ3) is 3.47. The molecule has 0 aromatic heterocycles. The number of hydrogen-bond acceptors (Lipinski definition) is 2. The molecule has 0 spiro atoms. The average molecular weight is 242 g/mol. The van der Waals surface area contributed by atoms with E-state index in [2.05, 4.69) is 0 Å². The van der Waals surface area contributed by atoms with Crippen molar-refractivity contribution in [3.63, 3.8) is 0 Å². The van der Waals surface area contributed by atoms with E-state index in [0.717, 1.165) is 6.07 Å². The zero-order chi connectivity index (χ0) is 12.5. The molecule has 0 saturated heterocycles. The van der Waals surface area contributed by atoms with Crippen molar-refractivity contribution < 1.29 is 17.4 Å². The second-order valence-electron chi connectivity index (χ2n) is 4.22. The highest BCUT2D eigenvalue weighted by atomic mass is 32.2. The first kappa shape index (κ1) is 14.4. The van der Waals surface area contributed by atoms with Crippen molar-refractivity contribution in [1.29, 1.82) is 5.26 Å². The van der Waals surface area contributed by atoms with Crippen LogP contribution in [0.15, 0.2) is 0 Å². The van der Waals surface area contributed by atoms with Crippen molar-refractivity contribution in [3.05, 3.63) is 0 Å². The molecule has 7 heteroatoms. The van der Waals surface area contributed by atoms with Crippen LogP contribution in [0.3, 0.4) is 0 Å². The summed E-state index contributed by atoms with van der Waals surface area (Å²) in [5, 5.41) is 8.47. The van der Waals surface area contributed by atoms with E-state index in [-0.39, 0.29) is 0 Å². The molecule has 2 atom stereocenters. The number of hydrogen-bond donors (Lipinski definition) is 1. The van der Waals surface area contributed by atoms with Crippen molar-refractivity contribution in [2.24, 2.45) is 0 Å². The Morgan fingerprint density at radius 3 is 1.80 bits per heavy atom. The van der Waals surface area contributed by atoms with Crippen LogP contribution in [0.5, 0.6) is 0 Å². The fraction of sp³-hybridized carbons (Fsp3) is 0.875. The molecule has 0 radical (unpaired) electrons. The van der Waals surface area contributed by atoms with Crippen LogP contribution in [0.4, 0.5) is 13.2 Å². The van der Waals surface area contributed by atoms with Gasteiger partial charge in [0.25, 0.3) is 0 Å². The van der Waals surface area contributed by atoms with Crippen LogP contribution in [0.25, 0.3) is 0 Å². The predicted molar refractivity (Wildman–Crippen MR) is 51.1 cm³/mol. The third-order valence-electron chi connectivity index (χ3n) is 1.64. The number of nitrogens with zero attached hydrogens (tertiary/aromatic N) is 1. The van der Waals surface area contributed by atoms with Crippen molar-refractivity contribution in [2.45, 2.75) is 44.2 Å². The fourth-order valence-corrected chi connectivity index (χ4v) is 1.32. The van der Waals surface area contributed by atoms with Gasteiger partial charge in [0.05, 0.1) is 21.8 Å². The molecule has 0 heterocycles. The van der Waals surface area contributed by atoms with Crippen LogP contribution in [-0.4, -0.2) is 20.7 Å². The number of nitriles is 1. The molecule has 0 aromatic rings. The van der Waals surface area contributed by atoms with Gasteiger partial charge in [0.1, 0.15) is 0 Å². The normalized spacial score (nSPS) is 19.1. The van der Waals surface area contributed by atoms with Gasteiger partial charge in [-0.2, -0.15) is 18.4 Å². The Bertz CT molecular complexity index is 302. The van der Waals surface area contributed by atoms with Crippen LogP contribution in [0.2, 0.25) is 0 Å². The summed E-state index contributed by atoms with van der Waals surface area (Å²) < 4.78 is 49.7. The lowest BCUT2D eigenvalue weighted by molar-refractivity contribution is -0.168. The molecular weight excluding hydrogens is 229 g/mol. The molecular formula is C8H13F3N2OS. The Labute approximate surface area is 89.2 Å². The highest BCUT2D eigenvalue weighted by Gasteiger charge is 2.53. The van der Waals surface area contributed by atoms with Gasteiger partial charge in [-0.05, 0) is 27.7 Å². The smallest absolute Gasteiger partial charge is 0.242 e. The van der Waals surface area contributed by atoms with Gasteiger partial charge in [0, 0.05) is 0 Å². The minimum atomic E-state index is -4.76. The molecule has 0 aliphatic rings. The highest BCUT2D eigenvalue weighted by Crippen LogP contribution is 2.30. The first-order valence-electron chi connectivity index (χ1n) is 4.12. The Kier molecular flexibility index (Phi) is 3.93. The number of alkyl halides is 3. The Hall–Kier alpha value is -0.610. The van der Waals surface area contributed by atoms with Gasteiger partial charge in [0.2, 0.25) is 5.54 Å². The summed E-state index contributed by atoms with van der Waals surface area (Å²) in [5.74, 6) is 0. The van der Waals surface area contributed by atoms with Crippen LogP contribution < -0.4 is 4.72 Å². The fourth-order valence-electron chi connectivity index (χ4n) is 0.483. The number of rotatable bonds is 2. The SMILES string of the molecule is CC(C)(C)S(=O)N[C@](C)(C#N)C(F)(F)F. The summed E-state index contributed by atoms with van der Waals surface area (Å²) in [6, 6.07) is 1.09. The van der Waals surface area contributed by atoms with E-state index in [9.17, 15) is 17.4 Å². The van der Waals surface area contributed by atoms with E-state index in [1.807, 2.05) is 4.72 Å². The number of nitrogens with one attached hydrogen (secondary N) is 1. The zero-order valence-electron chi connectivity index (χ0n) is 8.90. The summed E-state index contributed by atoms with van der Waals surface area (Å²) in [6.45, 7) is 5.22. The third-order valence-corrected chi connectivity index (χ3v) is 3.35. The van der Waals surface area contributed by atoms with Crippen LogP contribution in [-0.2, 0) is 11.0 Å². The maximum Gasteiger partial charge on any atom is 0.420 e. The summed E-state index contributed by atoms with van der Waals surface area (Å²) in [4.78, 5) is 0. The monoisotopic (exact) mass is 242 g/mol. The first-order chi connectivity index (χ1) is 6.44. The summed E-state index contributed by atoms with van der Waals surface area (Å²) in [5.41, 5.74) is -2.79. The van der Waals surface area contributed by atoms with Gasteiger partial charge in [-0.1, -0.05) is 0 Å². The van der Waals surface area contributed by atoms with Crippen molar-refractivity contribution in [3.8, 4) is 6.07 Å². The van der Waals surface area contributed by atoms with Gasteiger partial charge < -0.3 is 0 Å². The van der Waals surface area contributed by atoms with E-state index < -0.39 is 27.4 Å². The first-order valence-corrected chi connectivity index (χ1v) is 5.27. The Balaban J connectivity index is 4.94. The van der Waals surface area contributed by atoms with Crippen LogP contribution in [0, 0.1) is 11.3 Å². The number of halogens is 3. The topological polar surface area (TPSA) is 52.9 Å². The van der Waals surface area contributed by atoms with Gasteiger partial charge in [-0.25, -0.2) is 8.93 Å². The van der Waals surface area contributed by atoms with E-state index >= 15 is 0 Å². The van der Waals surface area contributed by atoms with Gasteiger partial charge in [0.15, 0.2) is 0 Å². The lowest BCUT2D eigenvalue weighted by Crippen LogP contribution is -2.56. The molecule has 0 fully saturated rings. The van der Waals surface area contributed by atoms with Crippen LogP contribution >= 0.6 is 0 Å².